The van der Waals surface area contributed by atoms with Crippen LogP contribution in [-0.4, -0.2) is 29.7 Å². The molecule has 2 N–H and O–H groups in total. The molecule has 0 radical (unpaired) electrons. The summed E-state index contributed by atoms with van der Waals surface area (Å²) in [6.07, 6.45) is 4.36. The Labute approximate surface area is 179 Å². The van der Waals surface area contributed by atoms with Crippen molar-refractivity contribution in [3.05, 3.63) is 81.0 Å². The molecule has 3 aromatic rings. The van der Waals surface area contributed by atoms with Crippen molar-refractivity contribution >= 4 is 40.2 Å². The van der Waals surface area contributed by atoms with Crippen LogP contribution in [-0.2, 0) is 0 Å². The number of benzene rings is 2. The predicted octanol–water partition coefficient (Wildman–Crippen LogP) is 4.70. The number of nitrogens with two attached hydrogens (primary N) is 1. The smallest absolute Gasteiger partial charge is 0.203 e. The second kappa shape index (κ2) is 10.8. The predicted molar refractivity (Wildman–Crippen MR) is 121 cm³/mol. The molecule has 4 nitrogen and oxygen atoms in total. The first-order valence-corrected chi connectivity index (χ1v) is 10.9. The third-order valence-electron chi connectivity index (χ3n) is 4.56. The van der Waals surface area contributed by atoms with Crippen LogP contribution in [0.15, 0.2) is 60.0 Å². The molecule has 0 aliphatic carbocycles. The molecule has 0 bridgehead atoms. The first-order chi connectivity index (χ1) is 14.2. The van der Waals surface area contributed by atoms with Gasteiger partial charge in [-0.25, -0.2) is 4.98 Å². The van der Waals surface area contributed by atoms with Crippen molar-refractivity contribution in [1.29, 1.82) is 0 Å². The molecule has 0 saturated carbocycles. The Morgan fingerprint density at radius 1 is 1.03 bits per heavy atom. The van der Waals surface area contributed by atoms with E-state index in [4.69, 9.17) is 11.6 Å². The molecule has 0 amide bonds. The maximum absolute atomic E-state index is 12.6. The summed E-state index contributed by atoms with van der Waals surface area (Å²) in [4.78, 5) is 17.0. The fourth-order valence-corrected chi connectivity index (χ4v) is 4.05. The van der Waals surface area contributed by atoms with Crippen LogP contribution in [0.25, 0.3) is 22.2 Å². The number of halogens is 1. The minimum absolute atomic E-state index is 0.00489. The lowest BCUT2D eigenvalue weighted by Gasteiger charge is -2.05. The Morgan fingerprint density at radius 3 is 2.31 bits per heavy atom. The summed E-state index contributed by atoms with van der Waals surface area (Å²) in [5.41, 5.74) is 2.00. The lowest BCUT2D eigenvalue weighted by Crippen LogP contribution is -2.85. The van der Waals surface area contributed by atoms with Crippen LogP contribution >= 0.6 is 22.9 Å². The highest BCUT2D eigenvalue weighted by molar-refractivity contribution is 7.11. The largest absolute Gasteiger partial charge is 0.763 e. The molecule has 2 aromatic carbocycles. The van der Waals surface area contributed by atoms with E-state index in [0.717, 1.165) is 11.3 Å². The number of allylic oxidation sites excluding steroid dienone is 1. The fourth-order valence-electron chi connectivity index (χ4n) is 3.00. The van der Waals surface area contributed by atoms with Crippen molar-refractivity contribution in [3.8, 4) is 11.3 Å². The number of quaternary nitrogens is 1. The van der Waals surface area contributed by atoms with E-state index in [2.05, 4.69) is 10.3 Å². The standard InChI is InChI=1S/C18H10ClN2OS.C5H11N/c19-15-9-5-4-8-13(15)17(22)14(10-20)18-21-16(11-23-18)12-6-2-1-3-7-12;1-2-4-6-5-3-1/h1-9,11H;6H,1-5H2/q-1;/p+1. The molecule has 4 rings (SSSR count). The molecule has 0 unspecified atom stereocenters. The van der Waals surface area contributed by atoms with E-state index in [-0.39, 0.29) is 5.57 Å². The van der Waals surface area contributed by atoms with Gasteiger partial charge >= 0.3 is 0 Å². The SMILES string of the molecule is C1CC[NH2+]CC1.[N-]=C=C(C(=O)c1ccccc1Cl)c1nc(-c2ccccc2)cs1. The number of hydrogen-bond donors (Lipinski definition) is 1. The number of ketones is 1. The van der Waals surface area contributed by atoms with Crippen molar-refractivity contribution in [3.63, 3.8) is 0 Å². The highest BCUT2D eigenvalue weighted by Gasteiger charge is 2.18. The number of carbonyl (C=O) groups excluding carboxylic acids is 1. The topological polar surface area (TPSA) is 68.9 Å². The Bertz CT molecular complexity index is 994. The van der Waals surface area contributed by atoms with Crippen LogP contribution in [0.5, 0.6) is 0 Å². The maximum Gasteiger partial charge on any atom is 0.203 e. The fraction of sp³-hybridized carbons (Fsp3) is 0.217. The third kappa shape index (κ3) is 5.72. The van der Waals surface area contributed by atoms with E-state index in [9.17, 15) is 10.2 Å². The average Bonchev–Trinajstić information content (AvgIpc) is 3.27. The monoisotopic (exact) mass is 423 g/mol. The second-order valence-electron chi connectivity index (χ2n) is 6.63. The molecule has 1 aliphatic rings. The quantitative estimate of drug-likeness (QED) is 0.375. The van der Waals surface area contributed by atoms with Crippen LogP contribution in [0.4, 0.5) is 0 Å². The van der Waals surface area contributed by atoms with Gasteiger partial charge in [-0.1, -0.05) is 54.1 Å². The maximum atomic E-state index is 12.6. The number of nitrogens with zero attached hydrogens (tertiary/aromatic N) is 2. The van der Waals surface area contributed by atoms with Crippen LogP contribution < -0.4 is 5.32 Å². The van der Waals surface area contributed by atoms with Crippen molar-refractivity contribution in [2.45, 2.75) is 19.3 Å². The van der Waals surface area contributed by atoms with Gasteiger partial charge in [-0.15, -0.1) is 11.3 Å². The molecule has 0 spiro atoms. The van der Waals surface area contributed by atoms with Gasteiger partial charge < -0.3 is 10.7 Å². The number of aromatic nitrogens is 1. The lowest BCUT2D eigenvalue weighted by molar-refractivity contribution is -0.662. The number of Topliss-reactive ketones (excluding diaryl/α,β-unsaturated/α-hetero) is 1. The molecule has 148 valence electrons. The average molecular weight is 424 g/mol. The summed E-state index contributed by atoms with van der Waals surface area (Å²) in [6.45, 7) is 2.75. The van der Waals surface area contributed by atoms with Gasteiger partial charge in [0.25, 0.3) is 0 Å². The Hall–Kier alpha value is -2.56. The van der Waals surface area contributed by atoms with E-state index in [1.165, 1.54) is 43.7 Å². The molecule has 6 heteroatoms. The van der Waals surface area contributed by atoms with Gasteiger partial charge in [0, 0.05) is 16.5 Å². The highest BCUT2D eigenvalue weighted by Crippen LogP contribution is 2.28. The zero-order chi connectivity index (χ0) is 20.5. The molecule has 1 saturated heterocycles. The second-order valence-corrected chi connectivity index (χ2v) is 7.89. The van der Waals surface area contributed by atoms with Gasteiger partial charge in [0.2, 0.25) is 5.78 Å². The van der Waals surface area contributed by atoms with Crippen LogP contribution in [0.1, 0.15) is 34.6 Å². The van der Waals surface area contributed by atoms with Crippen LogP contribution in [0.2, 0.25) is 5.02 Å². The summed E-state index contributed by atoms with van der Waals surface area (Å²) < 4.78 is 0. The van der Waals surface area contributed by atoms with Gasteiger partial charge in [0.05, 0.1) is 29.4 Å². The number of rotatable bonds is 4. The third-order valence-corrected chi connectivity index (χ3v) is 5.75. The first kappa shape index (κ1) is 21.2. The van der Waals surface area contributed by atoms with Gasteiger partial charge in [-0.2, -0.15) is 0 Å². The Balaban J connectivity index is 0.000000343. The first-order valence-electron chi connectivity index (χ1n) is 9.60. The van der Waals surface area contributed by atoms with E-state index >= 15 is 0 Å². The number of piperidine rings is 1. The minimum Gasteiger partial charge on any atom is -0.763 e. The van der Waals surface area contributed by atoms with Gasteiger partial charge in [-0.3, -0.25) is 10.7 Å². The zero-order valence-corrected chi connectivity index (χ0v) is 17.5. The van der Waals surface area contributed by atoms with Gasteiger partial charge in [-0.05, 0) is 31.4 Å². The normalized spacial score (nSPS) is 13.0. The van der Waals surface area contributed by atoms with Crippen molar-refractivity contribution < 1.29 is 10.1 Å². The zero-order valence-electron chi connectivity index (χ0n) is 16.0. The Morgan fingerprint density at radius 2 is 1.72 bits per heavy atom. The molecular formula is C23H22ClN3OS. The summed E-state index contributed by atoms with van der Waals surface area (Å²) in [5, 5.41) is 14.3. The van der Waals surface area contributed by atoms with Crippen molar-refractivity contribution in [1.82, 2.24) is 4.98 Å². The lowest BCUT2D eigenvalue weighted by atomic mass is 10.0. The molecule has 1 aromatic heterocycles. The van der Waals surface area contributed by atoms with E-state index in [1.54, 1.807) is 24.3 Å². The van der Waals surface area contributed by atoms with Crippen LogP contribution in [0, 0.1) is 0 Å². The molecule has 0 atom stereocenters. The van der Waals surface area contributed by atoms with Crippen molar-refractivity contribution in [2.24, 2.45) is 0 Å². The number of carbonyl (C=O) groups is 1. The van der Waals surface area contributed by atoms with E-state index in [1.807, 2.05) is 41.6 Å². The van der Waals surface area contributed by atoms with Crippen molar-refractivity contribution in [2.75, 3.05) is 13.1 Å². The number of hydrogen-bond acceptors (Lipinski definition) is 3. The molecule has 29 heavy (non-hydrogen) atoms. The van der Waals surface area contributed by atoms with Crippen LogP contribution in [0.3, 0.4) is 0 Å². The minimum atomic E-state index is -0.410. The van der Waals surface area contributed by atoms with Gasteiger partial charge in [0.15, 0.2) is 0 Å². The summed E-state index contributed by atoms with van der Waals surface area (Å²) in [6, 6.07) is 16.3. The van der Waals surface area contributed by atoms with E-state index in [0.29, 0.717) is 15.6 Å². The highest BCUT2D eigenvalue weighted by atomic mass is 35.5. The molecule has 1 aliphatic heterocycles. The molecule has 1 fully saturated rings. The Kier molecular flexibility index (Phi) is 7.91. The molecule has 2 heterocycles. The van der Waals surface area contributed by atoms with Gasteiger partial charge in [0.1, 0.15) is 5.01 Å². The summed E-state index contributed by atoms with van der Waals surface area (Å²) in [7, 11) is 0. The van der Waals surface area contributed by atoms with E-state index < -0.39 is 5.78 Å². The summed E-state index contributed by atoms with van der Waals surface area (Å²) in [5.74, 6) is 1.55. The molecular weight excluding hydrogens is 402 g/mol. The number of thiazole rings is 1. The summed E-state index contributed by atoms with van der Waals surface area (Å²) >= 11 is 7.32.